The first-order valence-corrected chi connectivity index (χ1v) is 7.15. The third kappa shape index (κ3) is 1.86. The van der Waals surface area contributed by atoms with Gasteiger partial charge in [-0.05, 0) is 30.2 Å². The van der Waals surface area contributed by atoms with Gasteiger partial charge < -0.3 is 0 Å². The van der Waals surface area contributed by atoms with E-state index >= 15 is 0 Å². The lowest BCUT2D eigenvalue weighted by atomic mass is 9.99. The Morgan fingerprint density at radius 3 is 2.91 bits per heavy atom. The van der Waals surface area contributed by atoms with Crippen LogP contribution in [0.15, 0.2) is 30.6 Å². The summed E-state index contributed by atoms with van der Waals surface area (Å²) in [5.41, 5.74) is 5.04. The molecule has 0 saturated heterocycles. The third-order valence-electron chi connectivity index (χ3n) is 3.92. The highest BCUT2D eigenvalue weighted by molar-refractivity contribution is 5.95. The Balaban J connectivity index is 2.03. The molecule has 0 spiro atoms. The van der Waals surface area contributed by atoms with Gasteiger partial charge in [0.05, 0.1) is 17.4 Å². The highest BCUT2D eigenvalue weighted by Crippen LogP contribution is 2.33. The molecule has 0 atom stereocenters. The van der Waals surface area contributed by atoms with Crippen molar-refractivity contribution >= 4 is 22.9 Å². The fourth-order valence-corrected chi connectivity index (χ4v) is 2.91. The summed E-state index contributed by atoms with van der Waals surface area (Å²) in [6, 6.07) is 4.06. The van der Waals surface area contributed by atoms with Crippen LogP contribution in [0.1, 0.15) is 28.8 Å². The molecule has 108 valence electrons. The number of hydrogen-bond donors (Lipinski definition) is 0. The van der Waals surface area contributed by atoms with Crippen LogP contribution in [0.5, 0.6) is 0 Å². The lowest BCUT2D eigenvalue weighted by molar-refractivity contribution is 0.0927. The van der Waals surface area contributed by atoms with Crippen LogP contribution >= 0.6 is 0 Å². The molecule has 3 aromatic rings. The van der Waals surface area contributed by atoms with Gasteiger partial charge in [-0.1, -0.05) is 12.2 Å². The van der Waals surface area contributed by atoms with Crippen LogP contribution in [0, 0.1) is 6.92 Å². The SMILES string of the molecule is CC(=O)n1ncc2cc3c(cc21)C=CCc1nc(C)ncc1-3. The van der Waals surface area contributed by atoms with Gasteiger partial charge in [-0.3, -0.25) is 4.79 Å². The third-order valence-corrected chi connectivity index (χ3v) is 3.92. The fraction of sp³-hybridized carbons (Fsp3) is 0.176. The molecule has 0 unspecified atom stereocenters. The monoisotopic (exact) mass is 290 g/mol. The Hall–Kier alpha value is -2.82. The van der Waals surface area contributed by atoms with Gasteiger partial charge in [0.1, 0.15) is 5.82 Å². The molecule has 1 aromatic carbocycles. The summed E-state index contributed by atoms with van der Waals surface area (Å²) in [5.74, 6) is 0.688. The van der Waals surface area contributed by atoms with Crippen molar-refractivity contribution in [1.82, 2.24) is 19.7 Å². The van der Waals surface area contributed by atoms with E-state index < -0.39 is 0 Å². The number of hydrogen-bond acceptors (Lipinski definition) is 4. The maximum atomic E-state index is 11.7. The average Bonchev–Trinajstić information content (AvgIpc) is 2.81. The highest BCUT2D eigenvalue weighted by atomic mass is 16.2. The predicted octanol–water partition coefficient (Wildman–Crippen LogP) is 3.03. The van der Waals surface area contributed by atoms with Gasteiger partial charge in [0.2, 0.25) is 5.91 Å². The Bertz CT molecular complexity index is 953. The van der Waals surface area contributed by atoms with Crippen LogP contribution in [0.4, 0.5) is 0 Å². The van der Waals surface area contributed by atoms with Gasteiger partial charge in [-0.15, -0.1) is 0 Å². The van der Waals surface area contributed by atoms with E-state index in [1.165, 1.54) is 11.6 Å². The maximum absolute atomic E-state index is 11.7. The van der Waals surface area contributed by atoms with Crippen molar-refractivity contribution in [3.8, 4) is 11.1 Å². The normalized spacial score (nSPS) is 12.8. The van der Waals surface area contributed by atoms with Crippen LogP contribution in [-0.4, -0.2) is 25.7 Å². The molecule has 22 heavy (non-hydrogen) atoms. The van der Waals surface area contributed by atoms with Gasteiger partial charge in [0, 0.05) is 30.5 Å². The lowest BCUT2D eigenvalue weighted by Gasteiger charge is -2.09. The first-order valence-electron chi connectivity index (χ1n) is 7.15. The van der Waals surface area contributed by atoms with Gasteiger partial charge in [0.25, 0.3) is 0 Å². The highest BCUT2D eigenvalue weighted by Gasteiger charge is 2.16. The van der Waals surface area contributed by atoms with E-state index in [4.69, 9.17) is 0 Å². The number of carbonyl (C=O) groups excluding carboxylic acids is 1. The molecule has 5 heteroatoms. The van der Waals surface area contributed by atoms with Gasteiger partial charge in [-0.2, -0.15) is 5.10 Å². The minimum Gasteiger partial charge on any atom is -0.273 e. The zero-order valence-corrected chi connectivity index (χ0v) is 12.4. The fourth-order valence-electron chi connectivity index (χ4n) is 2.91. The van der Waals surface area contributed by atoms with Gasteiger partial charge in [-0.25, -0.2) is 14.6 Å². The first kappa shape index (κ1) is 12.9. The number of benzene rings is 1. The van der Waals surface area contributed by atoms with Crippen molar-refractivity contribution < 1.29 is 4.79 Å². The molecule has 2 heterocycles. The number of carbonyl (C=O) groups is 1. The van der Waals surface area contributed by atoms with E-state index in [9.17, 15) is 4.79 Å². The van der Waals surface area contributed by atoms with Crippen LogP contribution < -0.4 is 0 Å². The van der Waals surface area contributed by atoms with E-state index in [-0.39, 0.29) is 5.91 Å². The molecular weight excluding hydrogens is 276 g/mol. The smallest absolute Gasteiger partial charge is 0.244 e. The zero-order valence-electron chi connectivity index (χ0n) is 12.4. The van der Waals surface area contributed by atoms with Crippen LogP contribution in [0.2, 0.25) is 0 Å². The Kier molecular flexibility index (Phi) is 2.69. The summed E-state index contributed by atoms with van der Waals surface area (Å²) in [7, 11) is 0. The predicted molar refractivity (Wildman–Crippen MR) is 84.5 cm³/mol. The zero-order chi connectivity index (χ0) is 15.3. The van der Waals surface area contributed by atoms with Crippen molar-refractivity contribution in [3.05, 3.63) is 47.7 Å². The summed E-state index contributed by atoms with van der Waals surface area (Å²) in [6.45, 7) is 3.41. The molecule has 1 aliphatic rings. The molecular formula is C17H14N4O. The van der Waals surface area contributed by atoms with Crippen LogP contribution in [-0.2, 0) is 6.42 Å². The molecule has 0 fully saturated rings. The summed E-state index contributed by atoms with van der Waals surface area (Å²) >= 11 is 0. The maximum Gasteiger partial charge on any atom is 0.244 e. The average molecular weight is 290 g/mol. The molecule has 0 N–H and O–H groups in total. The number of nitrogens with zero attached hydrogens (tertiary/aromatic N) is 4. The van der Waals surface area contributed by atoms with E-state index in [1.807, 2.05) is 19.2 Å². The van der Waals surface area contributed by atoms with E-state index in [0.717, 1.165) is 45.5 Å². The van der Waals surface area contributed by atoms with Crippen LogP contribution in [0.25, 0.3) is 28.1 Å². The molecule has 0 saturated carbocycles. The van der Waals surface area contributed by atoms with Crippen molar-refractivity contribution in [3.63, 3.8) is 0 Å². The number of fused-ring (bicyclic) bond motifs is 4. The molecule has 4 rings (SSSR count). The minimum atomic E-state index is -0.0908. The Labute approximate surface area is 127 Å². The minimum absolute atomic E-state index is 0.0908. The topological polar surface area (TPSA) is 60.7 Å². The second-order valence-corrected chi connectivity index (χ2v) is 5.46. The van der Waals surface area contributed by atoms with E-state index in [2.05, 4.69) is 33.3 Å². The van der Waals surface area contributed by atoms with Gasteiger partial charge >= 0.3 is 0 Å². The summed E-state index contributed by atoms with van der Waals surface area (Å²) in [4.78, 5) is 20.5. The molecule has 1 aliphatic carbocycles. The Morgan fingerprint density at radius 2 is 2.09 bits per heavy atom. The lowest BCUT2D eigenvalue weighted by Crippen LogP contribution is -2.06. The first-order chi connectivity index (χ1) is 10.6. The number of aryl methyl sites for hydroxylation is 1. The molecule has 2 aromatic heterocycles. The summed E-state index contributed by atoms with van der Waals surface area (Å²) in [6.07, 6.45) is 8.55. The largest absolute Gasteiger partial charge is 0.273 e. The van der Waals surface area contributed by atoms with Crippen molar-refractivity contribution in [1.29, 1.82) is 0 Å². The summed E-state index contributed by atoms with van der Waals surface area (Å²) in [5, 5.41) is 5.11. The van der Waals surface area contributed by atoms with Crippen molar-refractivity contribution in [2.24, 2.45) is 0 Å². The molecule has 5 nitrogen and oxygen atoms in total. The van der Waals surface area contributed by atoms with E-state index in [1.54, 1.807) is 6.20 Å². The summed E-state index contributed by atoms with van der Waals surface area (Å²) < 4.78 is 1.43. The number of rotatable bonds is 0. The van der Waals surface area contributed by atoms with Crippen LogP contribution in [0.3, 0.4) is 0 Å². The molecule has 0 bridgehead atoms. The van der Waals surface area contributed by atoms with Crippen molar-refractivity contribution in [2.75, 3.05) is 0 Å². The standard InChI is InChI=1S/C17H14N4O/c1-10-18-9-15-14-6-13-8-19-21(11(2)22)17(13)7-12(14)4-3-5-16(15)20-10/h3-4,6-9H,5H2,1-2H3. The van der Waals surface area contributed by atoms with Gasteiger partial charge in [0.15, 0.2) is 0 Å². The molecule has 0 aliphatic heterocycles. The quantitative estimate of drug-likeness (QED) is 0.638. The molecule has 0 radical (unpaired) electrons. The van der Waals surface area contributed by atoms with Crippen molar-refractivity contribution in [2.45, 2.75) is 20.3 Å². The second kappa shape index (κ2) is 4.59. The Morgan fingerprint density at radius 1 is 1.23 bits per heavy atom. The van der Waals surface area contributed by atoms with E-state index in [0.29, 0.717) is 0 Å². The number of aromatic nitrogens is 4. The second-order valence-electron chi connectivity index (χ2n) is 5.46. The molecule has 0 amide bonds. The number of allylic oxidation sites excluding steroid dienone is 1.